The van der Waals surface area contributed by atoms with Gasteiger partial charge in [-0.05, 0) is 43.7 Å². The lowest BCUT2D eigenvalue weighted by Crippen LogP contribution is -1.96. The van der Waals surface area contributed by atoms with Gasteiger partial charge in [0.25, 0.3) is 0 Å². The molecule has 0 unspecified atom stereocenters. The summed E-state index contributed by atoms with van der Waals surface area (Å²) in [6, 6.07) is 13.6. The zero-order chi connectivity index (χ0) is 14.8. The highest BCUT2D eigenvalue weighted by atomic mass is 35.5. The van der Waals surface area contributed by atoms with Crippen LogP contribution in [0.2, 0.25) is 5.02 Å². The predicted molar refractivity (Wildman–Crippen MR) is 85.2 cm³/mol. The van der Waals surface area contributed by atoms with Crippen LogP contribution in [-0.2, 0) is 0 Å². The summed E-state index contributed by atoms with van der Waals surface area (Å²) in [6.07, 6.45) is 1.75. The number of pyridine rings is 1. The van der Waals surface area contributed by atoms with Crippen LogP contribution in [0.15, 0.2) is 48.7 Å². The summed E-state index contributed by atoms with van der Waals surface area (Å²) in [6.45, 7) is 3.97. The van der Waals surface area contributed by atoms with Crippen molar-refractivity contribution in [3.63, 3.8) is 0 Å². The molecule has 0 saturated carbocycles. The van der Waals surface area contributed by atoms with Crippen molar-refractivity contribution in [1.82, 2.24) is 15.0 Å². The van der Waals surface area contributed by atoms with Crippen LogP contribution in [0.25, 0.3) is 22.8 Å². The van der Waals surface area contributed by atoms with E-state index in [4.69, 9.17) is 11.6 Å². The van der Waals surface area contributed by atoms with Crippen molar-refractivity contribution >= 4 is 11.6 Å². The molecule has 0 aliphatic heterocycles. The van der Waals surface area contributed by atoms with Crippen molar-refractivity contribution in [3.05, 3.63) is 64.9 Å². The highest BCUT2D eigenvalue weighted by molar-refractivity contribution is 6.33. The number of halogens is 1. The number of aryl methyl sites for hydroxylation is 2. The van der Waals surface area contributed by atoms with Crippen molar-refractivity contribution in [3.8, 4) is 22.8 Å². The van der Waals surface area contributed by atoms with Crippen LogP contribution in [0.1, 0.15) is 11.3 Å². The van der Waals surface area contributed by atoms with Gasteiger partial charge in [-0.15, -0.1) is 0 Å². The second kappa shape index (κ2) is 5.62. The van der Waals surface area contributed by atoms with E-state index < -0.39 is 0 Å². The van der Waals surface area contributed by atoms with Gasteiger partial charge < -0.3 is 0 Å². The topological polar surface area (TPSA) is 38.7 Å². The number of aromatic nitrogens is 3. The predicted octanol–water partition coefficient (Wildman–Crippen LogP) is 4.48. The quantitative estimate of drug-likeness (QED) is 0.700. The minimum atomic E-state index is 0.631. The molecule has 0 fully saturated rings. The number of hydrogen-bond donors (Lipinski definition) is 0. The van der Waals surface area contributed by atoms with Gasteiger partial charge in [-0.25, -0.2) is 15.0 Å². The molecular weight excluding hydrogens is 282 g/mol. The molecule has 2 heterocycles. The van der Waals surface area contributed by atoms with Crippen LogP contribution in [0.4, 0.5) is 0 Å². The lowest BCUT2D eigenvalue weighted by atomic mass is 10.1. The number of hydrogen-bond acceptors (Lipinski definition) is 3. The maximum Gasteiger partial charge on any atom is 0.178 e. The summed E-state index contributed by atoms with van der Waals surface area (Å²) in [5.41, 5.74) is 4.52. The number of rotatable bonds is 2. The molecule has 3 rings (SSSR count). The molecule has 2 aromatic heterocycles. The average molecular weight is 296 g/mol. The van der Waals surface area contributed by atoms with Gasteiger partial charge in [0, 0.05) is 22.5 Å². The molecule has 3 nitrogen and oxygen atoms in total. The van der Waals surface area contributed by atoms with E-state index in [0.29, 0.717) is 10.8 Å². The molecule has 104 valence electrons. The van der Waals surface area contributed by atoms with E-state index in [9.17, 15) is 0 Å². The fourth-order valence-corrected chi connectivity index (χ4v) is 2.39. The molecule has 0 radical (unpaired) electrons. The Morgan fingerprint density at radius 2 is 1.67 bits per heavy atom. The first kappa shape index (κ1) is 13.7. The average Bonchev–Trinajstić information content (AvgIpc) is 2.47. The van der Waals surface area contributed by atoms with E-state index in [-0.39, 0.29) is 0 Å². The molecule has 0 aliphatic carbocycles. The van der Waals surface area contributed by atoms with E-state index >= 15 is 0 Å². The van der Waals surface area contributed by atoms with Crippen LogP contribution in [0.3, 0.4) is 0 Å². The smallest absolute Gasteiger partial charge is 0.178 e. The van der Waals surface area contributed by atoms with Gasteiger partial charge in [0.1, 0.15) is 5.69 Å². The third-order valence-electron chi connectivity index (χ3n) is 3.14. The normalized spacial score (nSPS) is 10.6. The van der Waals surface area contributed by atoms with Crippen LogP contribution in [0, 0.1) is 13.8 Å². The van der Waals surface area contributed by atoms with Crippen molar-refractivity contribution < 1.29 is 0 Å². The summed E-state index contributed by atoms with van der Waals surface area (Å²) in [5, 5.41) is 0.687. The van der Waals surface area contributed by atoms with Gasteiger partial charge in [0.15, 0.2) is 5.82 Å². The maximum absolute atomic E-state index is 6.26. The third-order valence-corrected chi connectivity index (χ3v) is 3.47. The fraction of sp³-hybridized carbons (Fsp3) is 0.118. The molecule has 0 N–H and O–H groups in total. The highest BCUT2D eigenvalue weighted by Gasteiger charge is 2.09. The van der Waals surface area contributed by atoms with E-state index in [2.05, 4.69) is 15.0 Å². The summed E-state index contributed by atoms with van der Waals surface area (Å²) < 4.78 is 0. The van der Waals surface area contributed by atoms with E-state index in [1.54, 1.807) is 6.20 Å². The van der Waals surface area contributed by atoms with E-state index in [1.807, 2.05) is 56.3 Å². The molecule has 0 bridgehead atoms. The van der Waals surface area contributed by atoms with Crippen LogP contribution in [0.5, 0.6) is 0 Å². The molecule has 0 spiro atoms. The third kappa shape index (κ3) is 2.93. The fourth-order valence-electron chi connectivity index (χ4n) is 2.16. The zero-order valence-corrected chi connectivity index (χ0v) is 12.6. The number of nitrogens with zero attached hydrogens (tertiary/aromatic N) is 3. The lowest BCUT2D eigenvalue weighted by Gasteiger charge is -2.08. The van der Waals surface area contributed by atoms with E-state index in [1.165, 1.54) is 0 Å². The van der Waals surface area contributed by atoms with Gasteiger partial charge in [0.05, 0.1) is 5.69 Å². The zero-order valence-electron chi connectivity index (χ0n) is 11.8. The Kier molecular flexibility index (Phi) is 3.67. The SMILES string of the molecule is Cc1cc(-c2nccc(C)n2)nc(-c2ccccc2Cl)c1. The van der Waals surface area contributed by atoms with Crippen LogP contribution >= 0.6 is 11.6 Å². The largest absolute Gasteiger partial charge is 0.244 e. The molecule has 0 amide bonds. The first-order chi connectivity index (χ1) is 10.1. The molecule has 0 atom stereocenters. The second-order valence-electron chi connectivity index (χ2n) is 4.92. The molecule has 21 heavy (non-hydrogen) atoms. The number of benzene rings is 1. The van der Waals surface area contributed by atoms with Gasteiger partial charge in [-0.2, -0.15) is 0 Å². The molecule has 4 heteroatoms. The molecule has 0 saturated heterocycles. The maximum atomic E-state index is 6.26. The highest BCUT2D eigenvalue weighted by Crippen LogP contribution is 2.28. The monoisotopic (exact) mass is 295 g/mol. The first-order valence-electron chi connectivity index (χ1n) is 6.67. The Hall–Kier alpha value is -2.26. The summed E-state index contributed by atoms with van der Waals surface area (Å²) in [7, 11) is 0. The van der Waals surface area contributed by atoms with Crippen LogP contribution < -0.4 is 0 Å². The lowest BCUT2D eigenvalue weighted by molar-refractivity contribution is 1.09. The van der Waals surface area contributed by atoms with Gasteiger partial charge in [0.2, 0.25) is 0 Å². The summed E-state index contributed by atoms with van der Waals surface area (Å²) >= 11 is 6.26. The van der Waals surface area contributed by atoms with Gasteiger partial charge >= 0.3 is 0 Å². The van der Waals surface area contributed by atoms with Gasteiger partial charge in [-0.1, -0.05) is 29.8 Å². The summed E-state index contributed by atoms with van der Waals surface area (Å²) in [5.74, 6) is 0.631. The van der Waals surface area contributed by atoms with Crippen molar-refractivity contribution in [2.24, 2.45) is 0 Å². The molecule has 3 aromatic rings. The standard InChI is InChI=1S/C17H14ClN3/c1-11-9-15(13-5-3-4-6-14(13)18)21-16(10-11)17-19-8-7-12(2)20-17/h3-10H,1-2H3. The Bertz CT molecular complexity index is 800. The molecular formula is C17H14ClN3. The Morgan fingerprint density at radius 1 is 0.905 bits per heavy atom. The second-order valence-corrected chi connectivity index (χ2v) is 5.32. The minimum Gasteiger partial charge on any atom is -0.244 e. The van der Waals surface area contributed by atoms with Gasteiger partial charge in [-0.3, -0.25) is 0 Å². The van der Waals surface area contributed by atoms with Crippen molar-refractivity contribution in [1.29, 1.82) is 0 Å². The van der Waals surface area contributed by atoms with Crippen molar-refractivity contribution in [2.75, 3.05) is 0 Å². The Balaban J connectivity index is 2.15. The minimum absolute atomic E-state index is 0.631. The van der Waals surface area contributed by atoms with Crippen molar-refractivity contribution in [2.45, 2.75) is 13.8 Å². The molecule has 0 aliphatic rings. The van der Waals surface area contributed by atoms with E-state index in [0.717, 1.165) is 28.2 Å². The molecule has 1 aromatic carbocycles. The van der Waals surface area contributed by atoms with Crippen LogP contribution in [-0.4, -0.2) is 15.0 Å². The summed E-state index contributed by atoms with van der Waals surface area (Å²) in [4.78, 5) is 13.4. The Labute approximate surface area is 128 Å². The Morgan fingerprint density at radius 3 is 2.43 bits per heavy atom. The first-order valence-corrected chi connectivity index (χ1v) is 7.05.